The lowest BCUT2D eigenvalue weighted by molar-refractivity contribution is -0.118. The van der Waals surface area contributed by atoms with Gasteiger partial charge < -0.3 is 24.3 Å². The van der Waals surface area contributed by atoms with E-state index in [0.29, 0.717) is 55.5 Å². The lowest BCUT2D eigenvalue weighted by atomic mass is 10.3. The van der Waals surface area contributed by atoms with Gasteiger partial charge in [0.05, 0.1) is 12.4 Å². The van der Waals surface area contributed by atoms with Crippen LogP contribution in [0.3, 0.4) is 0 Å². The van der Waals surface area contributed by atoms with Crippen LogP contribution in [0.25, 0.3) is 0 Å². The standard InChI is InChI=1S/C16H20BrN5O4S2/c1-25-9-4-18-13(23)10-27-16-20-19-15(28-16)22-7-5-21(6-8-22)14(24)11-2-3-12(17)26-11/h2-3H,4-10H2,1H3,(H,18,23). The molecule has 9 nitrogen and oxygen atoms in total. The van der Waals surface area contributed by atoms with Crippen molar-refractivity contribution in [1.82, 2.24) is 20.4 Å². The highest BCUT2D eigenvalue weighted by atomic mass is 79.9. The van der Waals surface area contributed by atoms with Crippen molar-refractivity contribution in [3.63, 3.8) is 0 Å². The molecule has 1 fully saturated rings. The molecule has 0 unspecified atom stereocenters. The van der Waals surface area contributed by atoms with Gasteiger partial charge in [0.15, 0.2) is 14.8 Å². The van der Waals surface area contributed by atoms with Gasteiger partial charge in [-0.1, -0.05) is 23.1 Å². The molecule has 3 rings (SSSR count). The molecule has 0 bridgehead atoms. The van der Waals surface area contributed by atoms with Gasteiger partial charge in [0.2, 0.25) is 11.0 Å². The average Bonchev–Trinajstić information content (AvgIpc) is 3.35. The number of carbonyl (C=O) groups excluding carboxylic acids is 2. The number of methoxy groups -OCH3 is 1. The van der Waals surface area contributed by atoms with Gasteiger partial charge in [-0.3, -0.25) is 9.59 Å². The number of hydrogen-bond acceptors (Lipinski definition) is 9. The van der Waals surface area contributed by atoms with Crippen LogP contribution >= 0.6 is 39.0 Å². The molecule has 12 heteroatoms. The summed E-state index contributed by atoms with van der Waals surface area (Å²) >= 11 is 6.03. The SMILES string of the molecule is COCCNC(=O)CSc1nnc(N2CCN(C(=O)c3ccc(Br)o3)CC2)s1. The molecule has 28 heavy (non-hydrogen) atoms. The first-order valence-corrected chi connectivity index (χ1v) is 11.2. The lowest BCUT2D eigenvalue weighted by Gasteiger charge is -2.33. The number of anilines is 1. The zero-order valence-electron chi connectivity index (χ0n) is 15.2. The molecule has 1 N–H and O–H groups in total. The number of amides is 2. The van der Waals surface area contributed by atoms with E-state index in [0.717, 1.165) is 9.47 Å². The topological polar surface area (TPSA) is 101 Å². The Bertz CT molecular complexity index is 807. The summed E-state index contributed by atoms with van der Waals surface area (Å²) in [6.07, 6.45) is 0. The highest BCUT2D eigenvalue weighted by Crippen LogP contribution is 2.28. The number of rotatable bonds is 8. The highest BCUT2D eigenvalue weighted by molar-refractivity contribution is 9.10. The number of nitrogens with one attached hydrogen (secondary N) is 1. The Morgan fingerprint density at radius 3 is 2.79 bits per heavy atom. The first kappa shape index (κ1) is 21.1. The Morgan fingerprint density at radius 2 is 2.11 bits per heavy atom. The minimum Gasteiger partial charge on any atom is -0.444 e. The van der Waals surface area contributed by atoms with Crippen molar-refractivity contribution in [3.8, 4) is 0 Å². The van der Waals surface area contributed by atoms with Crippen molar-refractivity contribution in [2.75, 3.05) is 57.1 Å². The Hall–Kier alpha value is -1.63. The predicted octanol–water partition coefficient (Wildman–Crippen LogP) is 1.71. The number of furan rings is 1. The number of carbonyl (C=O) groups is 2. The minimum atomic E-state index is -0.113. The molecule has 1 aliphatic rings. The van der Waals surface area contributed by atoms with Gasteiger partial charge in [-0.25, -0.2) is 0 Å². The molecule has 0 saturated carbocycles. The minimum absolute atomic E-state index is 0.0597. The molecule has 0 radical (unpaired) electrons. The number of nitrogens with zero attached hydrogens (tertiary/aromatic N) is 4. The molecule has 0 spiro atoms. The molecule has 2 aromatic rings. The Morgan fingerprint density at radius 1 is 1.32 bits per heavy atom. The summed E-state index contributed by atoms with van der Waals surface area (Å²) in [6, 6.07) is 3.38. The fourth-order valence-corrected chi connectivity index (χ4v) is 4.57. The quantitative estimate of drug-likeness (QED) is 0.441. The third-order valence-corrected chi connectivity index (χ3v) is 6.52. The summed E-state index contributed by atoms with van der Waals surface area (Å²) in [5, 5.41) is 11.9. The van der Waals surface area contributed by atoms with Crippen LogP contribution in [0.2, 0.25) is 0 Å². The summed E-state index contributed by atoms with van der Waals surface area (Å²) in [5.74, 6) is 0.451. The Kier molecular flexibility index (Phi) is 7.71. The van der Waals surface area contributed by atoms with Crippen LogP contribution in [0.1, 0.15) is 10.6 Å². The summed E-state index contributed by atoms with van der Waals surface area (Å²) in [6.45, 7) is 3.50. The molecule has 152 valence electrons. The largest absolute Gasteiger partial charge is 0.444 e. The van der Waals surface area contributed by atoms with E-state index in [1.54, 1.807) is 24.1 Å². The second kappa shape index (κ2) is 10.2. The maximum Gasteiger partial charge on any atom is 0.289 e. The average molecular weight is 490 g/mol. The van der Waals surface area contributed by atoms with Crippen molar-refractivity contribution in [2.24, 2.45) is 0 Å². The third kappa shape index (κ3) is 5.69. The molecule has 0 aliphatic carbocycles. The van der Waals surface area contributed by atoms with Gasteiger partial charge in [0, 0.05) is 39.8 Å². The number of aromatic nitrogens is 2. The number of hydrogen-bond donors (Lipinski definition) is 1. The van der Waals surface area contributed by atoms with E-state index in [1.165, 1.54) is 23.1 Å². The van der Waals surface area contributed by atoms with Crippen LogP contribution in [-0.2, 0) is 9.53 Å². The molecule has 1 saturated heterocycles. The smallest absolute Gasteiger partial charge is 0.289 e. The zero-order valence-corrected chi connectivity index (χ0v) is 18.4. The molecular formula is C16H20BrN5O4S2. The lowest BCUT2D eigenvalue weighted by Crippen LogP contribution is -2.48. The van der Waals surface area contributed by atoms with Crippen LogP contribution in [0, 0.1) is 0 Å². The number of ether oxygens (including phenoxy) is 1. The molecule has 2 aromatic heterocycles. The first-order chi connectivity index (χ1) is 13.6. The summed E-state index contributed by atoms with van der Waals surface area (Å²) in [5.41, 5.74) is 0. The summed E-state index contributed by atoms with van der Waals surface area (Å²) < 4.78 is 11.5. The van der Waals surface area contributed by atoms with Crippen LogP contribution in [0.4, 0.5) is 5.13 Å². The van der Waals surface area contributed by atoms with E-state index >= 15 is 0 Å². The molecule has 0 aromatic carbocycles. The maximum absolute atomic E-state index is 12.4. The van der Waals surface area contributed by atoms with Crippen molar-refractivity contribution in [3.05, 3.63) is 22.6 Å². The van der Waals surface area contributed by atoms with Crippen LogP contribution in [0.5, 0.6) is 0 Å². The van der Waals surface area contributed by atoms with Crippen molar-refractivity contribution in [1.29, 1.82) is 0 Å². The molecule has 3 heterocycles. The first-order valence-electron chi connectivity index (χ1n) is 8.58. The Labute approximate surface area is 178 Å². The third-order valence-electron chi connectivity index (χ3n) is 3.97. The van der Waals surface area contributed by atoms with Crippen LogP contribution in [-0.4, -0.2) is 79.1 Å². The van der Waals surface area contributed by atoms with Gasteiger partial charge in [0.25, 0.3) is 5.91 Å². The summed E-state index contributed by atoms with van der Waals surface area (Å²) in [4.78, 5) is 28.0. The second-order valence-electron chi connectivity index (χ2n) is 5.86. The van der Waals surface area contributed by atoms with Crippen molar-refractivity contribution >= 4 is 56.0 Å². The van der Waals surface area contributed by atoms with Gasteiger partial charge in [-0.2, -0.15) is 0 Å². The second-order valence-corrected chi connectivity index (χ2v) is 8.82. The number of thioether (sulfide) groups is 1. The number of piperazine rings is 1. The van der Waals surface area contributed by atoms with E-state index in [4.69, 9.17) is 9.15 Å². The van der Waals surface area contributed by atoms with E-state index in [9.17, 15) is 9.59 Å². The monoisotopic (exact) mass is 489 g/mol. The van der Waals surface area contributed by atoms with E-state index in [-0.39, 0.29) is 11.8 Å². The molecule has 1 aliphatic heterocycles. The zero-order chi connectivity index (χ0) is 19.9. The fourth-order valence-electron chi connectivity index (χ4n) is 2.55. The van der Waals surface area contributed by atoms with Crippen molar-refractivity contribution < 1.29 is 18.7 Å². The van der Waals surface area contributed by atoms with Gasteiger partial charge >= 0.3 is 0 Å². The Balaban J connectivity index is 1.45. The van der Waals surface area contributed by atoms with Crippen LogP contribution in [0.15, 0.2) is 25.6 Å². The predicted molar refractivity (Wildman–Crippen MR) is 110 cm³/mol. The van der Waals surface area contributed by atoms with Crippen molar-refractivity contribution in [2.45, 2.75) is 4.34 Å². The highest BCUT2D eigenvalue weighted by Gasteiger charge is 2.25. The fraction of sp³-hybridized carbons (Fsp3) is 0.500. The normalized spacial score (nSPS) is 14.4. The molecular weight excluding hydrogens is 470 g/mol. The number of halogens is 1. The van der Waals surface area contributed by atoms with E-state index in [1.807, 2.05) is 0 Å². The molecule has 0 atom stereocenters. The maximum atomic E-state index is 12.4. The molecule has 2 amide bonds. The van der Waals surface area contributed by atoms with Crippen LogP contribution < -0.4 is 10.2 Å². The summed E-state index contributed by atoms with van der Waals surface area (Å²) in [7, 11) is 1.59. The van der Waals surface area contributed by atoms with Gasteiger partial charge in [0.1, 0.15) is 0 Å². The van der Waals surface area contributed by atoms with E-state index in [2.05, 4.69) is 36.3 Å². The van der Waals surface area contributed by atoms with E-state index < -0.39 is 0 Å². The van der Waals surface area contributed by atoms with Gasteiger partial charge in [-0.15, -0.1) is 10.2 Å². The van der Waals surface area contributed by atoms with Gasteiger partial charge in [-0.05, 0) is 28.1 Å².